The Morgan fingerprint density at radius 2 is 2.56 bits per heavy atom. The van der Waals surface area contributed by atoms with Gasteiger partial charge >= 0.3 is 0 Å². The fraction of sp³-hybridized carbons (Fsp3) is 0. The van der Waals surface area contributed by atoms with Crippen LogP contribution in [0.3, 0.4) is 0 Å². The van der Waals surface area contributed by atoms with E-state index in [1.807, 2.05) is 11.5 Å². The molecule has 0 aromatic carbocycles. The first-order valence-corrected chi connectivity index (χ1v) is 3.67. The quantitative estimate of drug-likeness (QED) is 0.541. The molecule has 48 valence electrons. The van der Waals surface area contributed by atoms with Crippen molar-refractivity contribution in [2.24, 2.45) is 5.10 Å². The summed E-state index contributed by atoms with van der Waals surface area (Å²) >= 11 is 5.50. The second-order valence-corrected chi connectivity index (χ2v) is 2.57. The topological polar surface area (TPSA) is 15.6 Å². The Kier molecular flexibility index (Phi) is 2.24. The van der Waals surface area contributed by atoms with E-state index < -0.39 is 0 Å². The molecule has 1 aliphatic heterocycles. The number of allylic oxidation sites excluding steroid dienone is 1. The van der Waals surface area contributed by atoms with Crippen molar-refractivity contribution in [2.75, 3.05) is 0 Å². The van der Waals surface area contributed by atoms with Crippen LogP contribution in [0.15, 0.2) is 28.9 Å². The highest BCUT2D eigenvalue weighted by atomic mass is 32.2. The first kappa shape index (κ1) is 6.77. The highest BCUT2D eigenvalue weighted by molar-refractivity contribution is 8.14. The van der Waals surface area contributed by atoms with Gasteiger partial charge in [0.15, 0.2) is 0 Å². The SMILES string of the molecule is C=C1C=CSC=NN1S. The zero-order valence-electron chi connectivity index (χ0n) is 4.69. The maximum Gasteiger partial charge on any atom is 0.0856 e. The lowest BCUT2D eigenvalue weighted by Crippen LogP contribution is -1.97. The second kappa shape index (κ2) is 2.98. The zero-order valence-corrected chi connectivity index (χ0v) is 6.40. The van der Waals surface area contributed by atoms with E-state index >= 15 is 0 Å². The first-order chi connectivity index (χ1) is 4.30. The molecule has 0 aromatic heterocycles. The van der Waals surface area contributed by atoms with E-state index in [0.29, 0.717) is 0 Å². The minimum Gasteiger partial charge on any atom is -0.210 e. The molecule has 0 bridgehead atoms. The van der Waals surface area contributed by atoms with Crippen LogP contribution in [0.2, 0.25) is 0 Å². The van der Waals surface area contributed by atoms with E-state index in [4.69, 9.17) is 0 Å². The van der Waals surface area contributed by atoms with Crippen LogP contribution in [0.5, 0.6) is 0 Å². The van der Waals surface area contributed by atoms with Crippen molar-refractivity contribution < 1.29 is 0 Å². The molecule has 0 aliphatic carbocycles. The molecule has 1 aliphatic rings. The van der Waals surface area contributed by atoms with Gasteiger partial charge in [-0.05, 0) is 24.3 Å². The maximum atomic E-state index is 4.00. The fourth-order valence-corrected chi connectivity index (χ4v) is 1.01. The van der Waals surface area contributed by atoms with Gasteiger partial charge in [0.1, 0.15) is 0 Å². The van der Waals surface area contributed by atoms with Gasteiger partial charge in [-0.3, -0.25) is 0 Å². The predicted octanol–water partition coefficient (Wildman–Crippen LogP) is 1.85. The van der Waals surface area contributed by atoms with Crippen LogP contribution in [0.1, 0.15) is 0 Å². The normalized spacial score (nSPS) is 18.3. The number of hydrazone groups is 1. The Hall–Kier alpha value is -0.350. The summed E-state index contributed by atoms with van der Waals surface area (Å²) in [6.07, 6.45) is 1.85. The van der Waals surface area contributed by atoms with Crippen LogP contribution in [-0.2, 0) is 0 Å². The van der Waals surface area contributed by atoms with Crippen molar-refractivity contribution in [1.82, 2.24) is 4.41 Å². The summed E-state index contributed by atoms with van der Waals surface area (Å²) in [5, 5.41) is 5.78. The van der Waals surface area contributed by atoms with Gasteiger partial charge in [-0.2, -0.15) is 5.10 Å². The van der Waals surface area contributed by atoms with Crippen molar-refractivity contribution >= 4 is 30.1 Å². The summed E-state index contributed by atoms with van der Waals surface area (Å²) in [6.45, 7) is 3.69. The molecule has 0 fully saturated rings. The number of hydrogen-bond acceptors (Lipinski definition) is 4. The molecule has 1 rings (SSSR count). The molecule has 0 N–H and O–H groups in total. The maximum absolute atomic E-state index is 4.00. The summed E-state index contributed by atoms with van der Waals surface area (Å²) in [4.78, 5) is 0. The van der Waals surface area contributed by atoms with Gasteiger partial charge in [-0.1, -0.05) is 18.3 Å². The highest BCUT2D eigenvalue weighted by Gasteiger charge is 1.96. The highest BCUT2D eigenvalue weighted by Crippen LogP contribution is 2.13. The number of hydrogen-bond donors (Lipinski definition) is 1. The van der Waals surface area contributed by atoms with E-state index in [9.17, 15) is 0 Å². The molecule has 2 nitrogen and oxygen atoms in total. The Morgan fingerprint density at radius 3 is 3.33 bits per heavy atom. The average Bonchev–Trinajstić information content (AvgIpc) is 1.99. The first-order valence-electron chi connectivity index (χ1n) is 2.33. The van der Waals surface area contributed by atoms with Gasteiger partial charge in [0.25, 0.3) is 0 Å². The summed E-state index contributed by atoms with van der Waals surface area (Å²) in [5.41, 5.74) is 2.47. The second-order valence-electron chi connectivity index (χ2n) is 1.44. The number of nitrogens with zero attached hydrogens (tertiary/aromatic N) is 2. The average molecular weight is 158 g/mol. The Balaban J connectivity index is 2.73. The Labute approximate surface area is 63.9 Å². The molecule has 4 heteroatoms. The van der Waals surface area contributed by atoms with Crippen LogP contribution in [-0.4, -0.2) is 9.96 Å². The van der Waals surface area contributed by atoms with Crippen LogP contribution >= 0.6 is 24.6 Å². The number of rotatable bonds is 0. The third-order valence-electron chi connectivity index (χ3n) is 0.813. The molecule has 0 saturated carbocycles. The lowest BCUT2D eigenvalue weighted by atomic mass is 10.5. The number of thioether (sulfide) groups is 1. The minimum absolute atomic E-state index is 0.777. The standard InChI is InChI=1S/C5H6N2S2/c1-5-2-3-9-4-6-7(5)8/h2-4,8H,1H2. The molecule has 0 spiro atoms. The van der Waals surface area contributed by atoms with Crippen LogP contribution in [0.25, 0.3) is 0 Å². The molecule has 0 radical (unpaired) electrons. The predicted molar refractivity (Wildman–Crippen MR) is 45.2 cm³/mol. The molecule has 0 unspecified atom stereocenters. The van der Waals surface area contributed by atoms with Crippen molar-refractivity contribution in [1.29, 1.82) is 0 Å². The molecular weight excluding hydrogens is 152 g/mol. The van der Waals surface area contributed by atoms with Gasteiger partial charge in [0, 0.05) is 0 Å². The molecule has 0 saturated heterocycles. The number of thiol groups is 1. The smallest absolute Gasteiger partial charge is 0.0856 e. The van der Waals surface area contributed by atoms with Gasteiger partial charge in [0.2, 0.25) is 0 Å². The minimum atomic E-state index is 0.777. The molecular formula is C5H6N2S2. The molecule has 0 amide bonds. The lowest BCUT2D eigenvalue weighted by Gasteiger charge is -2.06. The van der Waals surface area contributed by atoms with E-state index in [2.05, 4.69) is 24.5 Å². The van der Waals surface area contributed by atoms with Crippen molar-refractivity contribution in [3.8, 4) is 0 Å². The molecule has 1 heterocycles. The van der Waals surface area contributed by atoms with Crippen molar-refractivity contribution in [2.45, 2.75) is 0 Å². The Bertz CT molecular complexity index is 174. The monoisotopic (exact) mass is 158 g/mol. The summed E-state index contributed by atoms with van der Waals surface area (Å²) in [6, 6.07) is 0. The molecule has 0 aromatic rings. The van der Waals surface area contributed by atoms with Gasteiger partial charge in [0.05, 0.1) is 11.2 Å². The van der Waals surface area contributed by atoms with E-state index in [0.717, 1.165) is 5.70 Å². The summed E-state index contributed by atoms with van der Waals surface area (Å²) in [5.74, 6) is 0. The third kappa shape index (κ3) is 1.80. The van der Waals surface area contributed by atoms with Crippen LogP contribution in [0, 0.1) is 0 Å². The van der Waals surface area contributed by atoms with Crippen LogP contribution < -0.4 is 0 Å². The van der Waals surface area contributed by atoms with Crippen LogP contribution in [0.4, 0.5) is 0 Å². The fourth-order valence-electron chi connectivity index (χ4n) is 0.366. The van der Waals surface area contributed by atoms with Crippen molar-refractivity contribution in [3.05, 3.63) is 23.8 Å². The van der Waals surface area contributed by atoms with E-state index in [1.165, 1.54) is 16.2 Å². The van der Waals surface area contributed by atoms with E-state index in [-0.39, 0.29) is 0 Å². The largest absolute Gasteiger partial charge is 0.210 e. The lowest BCUT2D eigenvalue weighted by molar-refractivity contribution is 0.658. The zero-order chi connectivity index (χ0) is 6.69. The Morgan fingerprint density at radius 1 is 1.78 bits per heavy atom. The van der Waals surface area contributed by atoms with Gasteiger partial charge < -0.3 is 0 Å². The third-order valence-corrected chi connectivity index (χ3v) is 1.68. The van der Waals surface area contributed by atoms with Crippen molar-refractivity contribution in [3.63, 3.8) is 0 Å². The summed E-state index contributed by atoms with van der Waals surface area (Å²) < 4.78 is 1.43. The van der Waals surface area contributed by atoms with Gasteiger partial charge in [-0.15, -0.1) is 0 Å². The molecule has 9 heavy (non-hydrogen) atoms. The molecule has 0 atom stereocenters. The van der Waals surface area contributed by atoms with E-state index in [1.54, 1.807) is 5.55 Å². The summed E-state index contributed by atoms with van der Waals surface area (Å²) in [7, 11) is 0. The van der Waals surface area contributed by atoms with Gasteiger partial charge in [-0.25, -0.2) is 4.41 Å².